The minimum atomic E-state index is -4.50. The van der Waals surface area contributed by atoms with Crippen molar-refractivity contribution in [3.05, 3.63) is 41.9 Å². The number of nitrogens with one attached hydrogen (secondary N) is 1. The average molecular weight is 255 g/mol. The summed E-state index contributed by atoms with van der Waals surface area (Å²) < 4.78 is 38.1. The number of rotatable bonds is 2. The summed E-state index contributed by atoms with van der Waals surface area (Å²) >= 11 is 0. The third-order valence-corrected chi connectivity index (χ3v) is 2.12. The van der Waals surface area contributed by atoms with E-state index in [1.807, 2.05) is 0 Å². The first-order valence-electron chi connectivity index (χ1n) is 4.82. The Kier molecular flexibility index (Phi) is 2.77. The molecule has 0 amide bonds. The molecular weight excluding hydrogens is 247 g/mol. The van der Waals surface area contributed by atoms with E-state index >= 15 is 0 Å². The molecule has 0 atom stereocenters. The second-order valence-electron chi connectivity index (χ2n) is 3.44. The van der Waals surface area contributed by atoms with Crippen molar-refractivity contribution in [1.29, 1.82) is 5.41 Å². The molecule has 0 unspecified atom stereocenters. The highest BCUT2D eigenvalue weighted by atomic mass is 19.4. The summed E-state index contributed by atoms with van der Waals surface area (Å²) in [4.78, 5) is 3.92. The molecule has 0 aromatic carbocycles. The first-order chi connectivity index (χ1) is 8.38. The van der Waals surface area contributed by atoms with E-state index in [4.69, 9.17) is 11.1 Å². The van der Waals surface area contributed by atoms with Gasteiger partial charge >= 0.3 is 6.18 Å². The molecular formula is C10H8F3N5. The lowest BCUT2D eigenvalue weighted by Crippen LogP contribution is -2.14. The van der Waals surface area contributed by atoms with E-state index in [-0.39, 0.29) is 17.3 Å². The third-order valence-electron chi connectivity index (χ3n) is 2.12. The minimum absolute atomic E-state index is 0.165. The van der Waals surface area contributed by atoms with Crippen molar-refractivity contribution >= 4 is 5.84 Å². The molecule has 2 rings (SSSR count). The molecule has 5 nitrogen and oxygen atoms in total. The Bertz CT molecular complexity index is 587. The number of aromatic nitrogens is 3. The number of nitrogens with zero attached hydrogens (tertiary/aromatic N) is 3. The highest BCUT2D eigenvalue weighted by Crippen LogP contribution is 2.27. The Labute approximate surface area is 99.6 Å². The van der Waals surface area contributed by atoms with Crippen molar-refractivity contribution in [2.45, 2.75) is 6.18 Å². The van der Waals surface area contributed by atoms with Gasteiger partial charge in [0.1, 0.15) is 11.5 Å². The van der Waals surface area contributed by atoms with E-state index in [9.17, 15) is 13.2 Å². The molecule has 0 aliphatic rings. The third kappa shape index (κ3) is 2.31. The summed E-state index contributed by atoms with van der Waals surface area (Å²) in [6.07, 6.45) is -3.35. The van der Waals surface area contributed by atoms with Gasteiger partial charge in [0.25, 0.3) is 0 Å². The van der Waals surface area contributed by atoms with E-state index in [2.05, 4.69) is 10.1 Å². The lowest BCUT2D eigenvalue weighted by Gasteiger charge is -2.04. The first kappa shape index (κ1) is 12.1. The Balaban J connectivity index is 2.40. The van der Waals surface area contributed by atoms with Crippen molar-refractivity contribution < 1.29 is 13.2 Å². The van der Waals surface area contributed by atoms with Crippen molar-refractivity contribution in [2.75, 3.05) is 0 Å². The first-order valence-corrected chi connectivity index (χ1v) is 4.82. The van der Waals surface area contributed by atoms with Crippen LogP contribution in [0.2, 0.25) is 0 Å². The highest BCUT2D eigenvalue weighted by Gasteiger charge is 2.33. The number of halogens is 3. The van der Waals surface area contributed by atoms with Crippen LogP contribution in [-0.4, -0.2) is 20.6 Å². The smallest absolute Gasteiger partial charge is 0.382 e. The van der Waals surface area contributed by atoms with E-state index in [0.717, 1.165) is 16.9 Å². The van der Waals surface area contributed by atoms with Gasteiger partial charge < -0.3 is 5.73 Å². The van der Waals surface area contributed by atoms with Gasteiger partial charge in [0.2, 0.25) is 0 Å². The van der Waals surface area contributed by atoms with E-state index in [1.165, 1.54) is 18.2 Å². The molecule has 0 aliphatic carbocycles. The van der Waals surface area contributed by atoms with Crippen LogP contribution in [-0.2, 0) is 6.18 Å². The molecule has 0 bridgehead atoms. The number of alkyl halides is 3. The molecule has 0 fully saturated rings. The largest absolute Gasteiger partial charge is 0.435 e. The van der Waals surface area contributed by atoms with Crippen molar-refractivity contribution in [1.82, 2.24) is 14.8 Å². The maximum Gasteiger partial charge on any atom is 0.435 e. The summed E-state index contributed by atoms with van der Waals surface area (Å²) in [7, 11) is 0. The van der Waals surface area contributed by atoms with Gasteiger partial charge in [-0.1, -0.05) is 6.07 Å². The number of amidine groups is 1. The number of hydrogen-bond donors (Lipinski definition) is 2. The Hall–Kier alpha value is -2.38. The molecule has 3 N–H and O–H groups in total. The molecule has 0 saturated carbocycles. The topological polar surface area (TPSA) is 80.6 Å². The molecule has 2 heterocycles. The van der Waals surface area contributed by atoms with Crippen LogP contribution in [0, 0.1) is 5.41 Å². The monoisotopic (exact) mass is 255 g/mol. The number of hydrogen-bond acceptors (Lipinski definition) is 3. The van der Waals surface area contributed by atoms with Crippen LogP contribution in [0.1, 0.15) is 11.4 Å². The van der Waals surface area contributed by atoms with Crippen LogP contribution < -0.4 is 5.73 Å². The average Bonchev–Trinajstić information content (AvgIpc) is 2.78. The zero-order valence-corrected chi connectivity index (χ0v) is 8.94. The fraction of sp³-hybridized carbons (Fsp3) is 0.100. The fourth-order valence-corrected chi connectivity index (χ4v) is 1.30. The molecule has 18 heavy (non-hydrogen) atoms. The van der Waals surface area contributed by atoms with Gasteiger partial charge in [0.15, 0.2) is 11.5 Å². The summed E-state index contributed by atoms with van der Waals surface area (Å²) in [6.45, 7) is 0. The number of nitrogens with two attached hydrogens (primary N) is 1. The van der Waals surface area contributed by atoms with Crippen LogP contribution in [0.15, 0.2) is 30.5 Å². The zero-order chi connectivity index (χ0) is 13.3. The van der Waals surface area contributed by atoms with Gasteiger partial charge in [-0.3, -0.25) is 5.41 Å². The van der Waals surface area contributed by atoms with E-state index < -0.39 is 11.9 Å². The molecule has 2 aromatic heterocycles. The Morgan fingerprint density at radius 3 is 2.56 bits per heavy atom. The molecule has 0 aliphatic heterocycles. The summed E-state index contributed by atoms with van der Waals surface area (Å²) in [6, 6.07) is 5.34. The second kappa shape index (κ2) is 4.13. The molecule has 8 heteroatoms. The summed E-state index contributed by atoms with van der Waals surface area (Å²) in [5, 5.41) is 10.6. The van der Waals surface area contributed by atoms with Crippen LogP contribution in [0.4, 0.5) is 13.2 Å². The van der Waals surface area contributed by atoms with E-state index in [1.54, 1.807) is 0 Å². The summed E-state index contributed by atoms with van der Waals surface area (Å²) in [5.74, 6) is -0.0988. The predicted molar refractivity (Wildman–Crippen MR) is 57.4 cm³/mol. The molecule has 94 valence electrons. The SMILES string of the molecule is N=C(N)c1cccc(-n2ccc(C(F)(F)F)n2)n1. The Morgan fingerprint density at radius 1 is 1.28 bits per heavy atom. The van der Waals surface area contributed by atoms with Crippen LogP contribution in [0.25, 0.3) is 5.82 Å². The van der Waals surface area contributed by atoms with Crippen molar-refractivity contribution in [3.63, 3.8) is 0 Å². The second-order valence-corrected chi connectivity index (χ2v) is 3.44. The molecule has 0 spiro atoms. The van der Waals surface area contributed by atoms with Gasteiger partial charge in [-0.2, -0.15) is 18.3 Å². The predicted octanol–water partition coefficient (Wildman–Crippen LogP) is 1.57. The van der Waals surface area contributed by atoms with Gasteiger partial charge in [-0.25, -0.2) is 9.67 Å². The van der Waals surface area contributed by atoms with Gasteiger partial charge in [0, 0.05) is 6.20 Å². The Morgan fingerprint density at radius 2 is 2.00 bits per heavy atom. The van der Waals surface area contributed by atoms with Gasteiger partial charge in [0.05, 0.1) is 0 Å². The minimum Gasteiger partial charge on any atom is -0.382 e. The van der Waals surface area contributed by atoms with Gasteiger partial charge in [-0.15, -0.1) is 0 Å². The van der Waals surface area contributed by atoms with Gasteiger partial charge in [-0.05, 0) is 18.2 Å². The normalized spacial score (nSPS) is 11.5. The van der Waals surface area contributed by atoms with Crippen molar-refractivity contribution in [3.8, 4) is 5.82 Å². The van der Waals surface area contributed by atoms with E-state index in [0.29, 0.717) is 0 Å². The van der Waals surface area contributed by atoms with Crippen LogP contribution in [0.3, 0.4) is 0 Å². The molecule has 2 aromatic rings. The highest BCUT2D eigenvalue weighted by molar-refractivity contribution is 5.93. The van der Waals surface area contributed by atoms with Crippen molar-refractivity contribution in [2.24, 2.45) is 5.73 Å². The lowest BCUT2D eigenvalue weighted by atomic mass is 10.3. The summed E-state index contributed by atoms with van der Waals surface area (Å²) in [5.41, 5.74) is 4.42. The maximum atomic E-state index is 12.4. The lowest BCUT2D eigenvalue weighted by molar-refractivity contribution is -0.141. The number of nitrogen functional groups attached to an aromatic ring is 1. The zero-order valence-electron chi connectivity index (χ0n) is 8.94. The molecule has 0 radical (unpaired) electrons. The number of pyridine rings is 1. The molecule has 0 saturated heterocycles. The van der Waals surface area contributed by atoms with Crippen LogP contribution in [0.5, 0.6) is 0 Å². The maximum absolute atomic E-state index is 12.4. The quantitative estimate of drug-likeness (QED) is 0.631. The fourth-order valence-electron chi connectivity index (χ4n) is 1.30. The van der Waals surface area contributed by atoms with Crippen LogP contribution >= 0.6 is 0 Å². The standard InChI is InChI=1S/C10H8F3N5/c11-10(12,13)7-4-5-18(17-7)8-3-1-2-6(16-8)9(14)15/h1-5H,(H3,14,15).